The van der Waals surface area contributed by atoms with Crippen LogP contribution in [-0.2, 0) is 0 Å². The van der Waals surface area contributed by atoms with E-state index in [9.17, 15) is 0 Å². The van der Waals surface area contributed by atoms with E-state index in [1.807, 2.05) is 49.0 Å². The van der Waals surface area contributed by atoms with Gasteiger partial charge >= 0.3 is 0 Å². The van der Waals surface area contributed by atoms with E-state index in [4.69, 9.17) is 4.74 Å². The summed E-state index contributed by atoms with van der Waals surface area (Å²) < 4.78 is 7.38. The van der Waals surface area contributed by atoms with Gasteiger partial charge in [0.2, 0.25) is 4.80 Å². The van der Waals surface area contributed by atoms with E-state index in [1.165, 1.54) is 4.88 Å². The fourth-order valence-corrected chi connectivity index (χ4v) is 3.88. The quantitative estimate of drug-likeness (QED) is 0.600. The van der Waals surface area contributed by atoms with Crippen LogP contribution in [0, 0.1) is 0 Å². The van der Waals surface area contributed by atoms with Crippen LogP contribution in [0.15, 0.2) is 57.3 Å². The average molecular weight is 358 g/mol. The second kappa shape index (κ2) is 8.08. The van der Waals surface area contributed by atoms with Gasteiger partial charge in [-0.3, -0.25) is 4.99 Å². The van der Waals surface area contributed by atoms with E-state index in [2.05, 4.69) is 33.0 Å². The lowest BCUT2D eigenvalue weighted by atomic mass is 10.2. The molecule has 3 rings (SSSR count). The number of hydrogen-bond acceptors (Lipinski definition) is 5. The standard InChI is InChI=1S/C18H19N3OS2/c1-3-19-18-21(16(13-24-18)17-6-5-11-23-17)20-12-14-7-9-15(10-8-14)22-4-2/h5-13H,3-4H2,1-2H3. The Hall–Kier alpha value is -2.18. The first kappa shape index (κ1) is 16.7. The smallest absolute Gasteiger partial charge is 0.206 e. The highest BCUT2D eigenvalue weighted by Crippen LogP contribution is 2.25. The van der Waals surface area contributed by atoms with Crippen molar-refractivity contribution >= 4 is 28.9 Å². The Morgan fingerprint density at radius 1 is 1.12 bits per heavy atom. The molecule has 0 fully saturated rings. The highest BCUT2D eigenvalue weighted by atomic mass is 32.1. The highest BCUT2D eigenvalue weighted by Gasteiger charge is 2.07. The van der Waals surface area contributed by atoms with Crippen molar-refractivity contribution in [3.8, 4) is 16.3 Å². The van der Waals surface area contributed by atoms with Crippen molar-refractivity contribution in [3.05, 3.63) is 57.5 Å². The molecular formula is C18H19N3OS2. The molecule has 6 heteroatoms. The van der Waals surface area contributed by atoms with Crippen LogP contribution in [-0.4, -0.2) is 24.0 Å². The summed E-state index contributed by atoms with van der Waals surface area (Å²) in [7, 11) is 0. The fourth-order valence-electron chi connectivity index (χ4n) is 2.19. The molecule has 0 unspecified atom stereocenters. The van der Waals surface area contributed by atoms with Crippen LogP contribution < -0.4 is 9.54 Å². The van der Waals surface area contributed by atoms with Crippen molar-refractivity contribution in [3.63, 3.8) is 0 Å². The molecule has 0 spiro atoms. The van der Waals surface area contributed by atoms with E-state index in [0.717, 1.165) is 28.4 Å². The number of aromatic nitrogens is 1. The topological polar surface area (TPSA) is 38.9 Å². The minimum absolute atomic E-state index is 0.671. The van der Waals surface area contributed by atoms with Gasteiger partial charge in [0, 0.05) is 11.9 Å². The summed E-state index contributed by atoms with van der Waals surface area (Å²) in [6.07, 6.45) is 1.86. The number of hydrogen-bond donors (Lipinski definition) is 0. The van der Waals surface area contributed by atoms with Crippen molar-refractivity contribution in [1.82, 2.24) is 4.68 Å². The molecule has 3 aromatic rings. The molecule has 0 saturated carbocycles. The van der Waals surface area contributed by atoms with Gasteiger partial charge in [-0.15, -0.1) is 22.7 Å². The van der Waals surface area contributed by atoms with Crippen LogP contribution in [0.4, 0.5) is 0 Å². The zero-order valence-electron chi connectivity index (χ0n) is 13.7. The third kappa shape index (κ3) is 3.83. The summed E-state index contributed by atoms with van der Waals surface area (Å²) in [6.45, 7) is 5.42. The molecule has 0 atom stereocenters. The van der Waals surface area contributed by atoms with E-state index < -0.39 is 0 Å². The maximum Gasteiger partial charge on any atom is 0.206 e. The molecule has 24 heavy (non-hydrogen) atoms. The Morgan fingerprint density at radius 2 is 1.96 bits per heavy atom. The SMILES string of the molecule is CCN=c1scc(-c2cccs2)n1N=Cc1ccc(OCC)cc1. The Labute approximate surface area is 149 Å². The Morgan fingerprint density at radius 3 is 2.62 bits per heavy atom. The van der Waals surface area contributed by atoms with Gasteiger partial charge in [-0.2, -0.15) is 5.10 Å². The normalized spacial score (nSPS) is 12.2. The first-order valence-corrected chi connectivity index (χ1v) is 9.60. The number of thiazole rings is 1. The van der Waals surface area contributed by atoms with E-state index in [-0.39, 0.29) is 0 Å². The second-order valence-electron chi connectivity index (χ2n) is 4.91. The largest absolute Gasteiger partial charge is 0.494 e. The number of rotatable bonds is 6. The first-order chi connectivity index (χ1) is 11.8. The van der Waals surface area contributed by atoms with E-state index in [0.29, 0.717) is 6.61 Å². The lowest BCUT2D eigenvalue weighted by Gasteiger charge is -2.03. The third-order valence-electron chi connectivity index (χ3n) is 3.27. The Bertz CT molecular complexity index is 859. The molecule has 0 radical (unpaired) electrons. The average Bonchev–Trinajstić information content (AvgIpc) is 3.24. The lowest BCUT2D eigenvalue weighted by Crippen LogP contribution is -2.12. The van der Waals surface area contributed by atoms with Crippen molar-refractivity contribution in [2.24, 2.45) is 10.1 Å². The molecule has 1 aromatic carbocycles. The van der Waals surface area contributed by atoms with Gasteiger partial charge in [-0.1, -0.05) is 6.07 Å². The summed E-state index contributed by atoms with van der Waals surface area (Å²) in [5.41, 5.74) is 2.10. The maximum absolute atomic E-state index is 5.47. The third-order valence-corrected chi connectivity index (χ3v) is 5.01. The van der Waals surface area contributed by atoms with Crippen molar-refractivity contribution in [2.75, 3.05) is 13.2 Å². The minimum Gasteiger partial charge on any atom is -0.494 e. The second-order valence-corrected chi connectivity index (χ2v) is 6.70. The molecule has 0 amide bonds. The lowest BCUT2D eigenvalue weighted by molar-refractivity contribution is 0.340. The van der Waals surface area contributed by atoms with Crippen LogP contribution in [0.5, 0.6) is 5.75 Å². The predicted octanol–water partition coefficient (Wildman–Crippen LogP) is 4.48. The zero-order valence-corrected chi connectivity index (χ0v) is 15.3. The van der Waals surface area contributed by atoms with Gasteiger partial charge in [0.15, 0.2) is 0 Å². The van der Waals surface area contributed by atoms with Gasteiger partial charge in [0.25, 0.3) is 0 Å². The summed E-state index contributed by atoms with van der Waals surface area (Å²) in [6, 6.07) is 12.1. The highest BCUT2D eigenvalue weighted by molar-refractivity contribution is 7.14. The molecule has 0 aliphatic heterocycles. The number of thiophene rings is 1. The molecule has 0 saturated heterocycles. The monoisotopic (exact) mass is 357 g/mol. The van der Waals surface area contributed by atoms with Crippen molar-refractivity contribution < 1.29 is 4.74 Å². The first-order valence-electron chi connectivity index (χ1n) is 7.84. The number of nitrogens with zero attached hydrogens (tertiary/aromatic N) is 3. The summed E-state index contributed by atoms with van der Waals surface area (Å²) in [5, 5.41) is 8.84. The molecule has 2 aromatic heterocycles. The summed E-state index contributed by atoms with van der Waals surface area (Å²) in [5.74, 6) is 0.874. The van der Waals surface area contributed by atoms with Gasteiger partial charge in [-0.05, 0) is 55.1 Å². The van der Waals surface area contributed by atoms with Crippen molar-refractivity contribution in [1.29, 1.82) is 0 Å². The van der Waals surface area contributed by atoms with Gasteiger partial charge < -0.3 is 4.74 Å². The van der Waals surface area contributed by atoms with Gasteiger partial charge in [-0.25, -0.2) is 4.68 Å². The molecule has 0 aliphatic rings. The van der Waals surface area contributed by atoms with Crippen LogP contribution in [0.2, 0.25) is 0 Å². The number of benzene rings is 1. The summed E-state index contributed by atoms with van der Waals surface area (Å²) in [4.78, 5) is 6.63. The van der Waals surface area contributed by atoms with Gasteiger partial charge in [0.1, 0.15) is 5.75 Å². The Balaban J connectivity index is 1.93. The minimum atomic E-state index is 0.671. The maximum atomic E-state index is 5.47. The molecule has 4 nitrogen and oxygen atoms in total. The molecule has 0 aliphatic carbocycles. The van der Waals surface area contributed by atoms with E-state index >= 15 is 0 Å². The molecule has 0 N–H and O–H groups in total. The van der Waals surface area contributed by atoms with Crippen LogP contribution in [0.3, 0.4) is 0 Å². The summed E-state index contributed by atoms with van der Waals surface area (Å²) >= 11 is 3.32. The predicted molar refractivity (Wildman–Crippen MR) is 102 cm³/mol. The molecular weight excluding hydrogens is 338 g/mol. The van der Waals surface area contributed by atoms with Crippen LogP contribution in [0.1, 0.15) is 19.4 Å². The molecule has 124 valence electrons. The van der Waals surface area contributed by atoms with Gasteiger partial charge in [0.05, 0.1) is 23.4 Å². The van der Waals surface area contributed by atoms with E-state index in [1.54, 1.807) is 22.7 Å². The van der Waals surface area contributed by atoms with Crippen molar-refractivity contribution in [2.45, 2.75) is 13.8 Å². The fraction of sp³-hybridized carbons (Fsp3) is 0.222. The van der Waals surface area contributed by atoms with Crippen LogP contribution >= 0.6 is 22.7 Å². The van der Waals surface area contributed by atoms with Crippen LogP contribution in [0.25, 0.3) is 10.6 Å². The zero-order chi connectivity index (χ0) is 16.8. The number of ether oxygens (including phenoxy) is 1. The molecule has 0 bridgehead atoms. The molecule has 2 heterocycles. The Kier molecular flexibility index (Phi) is 5.61.